The van der Waals surface area contributed by atoms with Crippen LogP contribution in [0, 0.1) is 17.2 Å². The highest BCUT2D eigenvalue weighted by Gasteiger charge is 2.66. The first-order chi connectivity index (χ1) is 19.3. The van der Waals surface area contributed by atoms with Crippen LogP contribution in [0.15, 0.2) is 11.0 Å². The number of allylic oxidation sites excluding steroid dienone is 1. The van der Waals surface area contributed by atoms with Crippen LogP contribution in [0.25, 0.3) is 0 Å². The molecule has 8 heteroatoms. The highest BCUT2D eigenvalue weighted by atomic mass is 32.2. The van der Waals surface area contributed by atoms with Gasteiger partial charge in [0.25, 0.3) is 5.91 Å². The van der Waals surface area contributed by atoms with Gasteiger partial charge in [0.15, 0.2) is 0 Å². The molecule has 228 valence electrons. The summed E-state index contributed by atoms with van der Waals surface area (Å²) >= 11 is 3.38. The Hall–Kier alpha value is -1.28. The molecule has 6 nitrogen and oxygen atoms in total. The summed E-state index contributed by atoms with van der Waals surface area (Å²) in [6.07, 6.45) is 19.8. The number of imide groups is 1. The molecular weight excluding hydrogens is 539 g/mol. The number of amides is 3. The number of hydrogen-bond acceptors (Lipinski definition) is 6. The van der Waals surface area contributed by atoms with Crippen molar-refractivity contribution < 1.29 is 14.4 Å². The molecule has 0 aromatic carbocycles. The molecule has 3 aliphatic rings. The fourth-order valence-electron chi connectivity index (χ4n) is 5.84. The van der Waals surface area contributed by atoms with Gasteiger partial charge in [0, 0.05) is 18.2 Å². The summed E-state index contributed by atoms with van der Waals surface area (Å²) in [6, 6.07) is 0.143. The zero-order valence-electron chi connectivity index (χ0n) is 25.6. The highest BCUT2D eigenvalue weighted by Crippen LogP contribution is 2.58. The van der Waals surface area contributed by atoms with Crippen molar-refractivity contribution in [3.63, 3.8) is 0 Å². The van der Waals surface area contributed by atoms with E-state index in [1.165, 1.54) is 38.5 Å². The smallest absolute Gasteiger partial charge is 0.257 e. The largest absolute Gasteiger partial charge is 0.348 e. The molecule has 0 aromatic heterocycles. The zero-order valence-corrected chi connectivity index (χ0v) is 27.2. The Balaban J connectivity index is 0.000000280. The summed E-state index contributed by atoms with van der Waals surface area (Å²) in [7, 11) is 0. The van der Waals surface area contributed by atoms with E-state index in [9.17, 15) is 14.4 Å². The Morgan fingerprint density at radius 3 is 2.10 bits per heavy atom. The lowest BCUT2D eigenvalue weighted by atomic mass is 9.63. The van der Waals surface area contributed by atoms with Crippen LogP contribution < -0.4 is 10.6 Å². The van der Waals surface area contributed by atoms with Crippen LogP contribution in [0.1, 0.15) is 130 Å². The second kappa shape index (κ2) is 19.0. The molecule has 3 rings (SSSR count). The predicted octanol–water partition coefficient (Wildman–Crippen LogP) is 7.80. The molecule has 0 aromatic rings. The van der Waals surface area contributed by atoms with E-state index in [0.717, 1.165) is 74.2 Å². The van der Waals surface area contributed by atoms with Crippen molar-refractivity contribution in [1.82, 2.24) is 10.6 Å². The summed E-state index contributed by atoms with van der Waals surface area (Å²) in [5.41, 5.74) is 0.584. The van der Waals surface area contributed by atoms with Crippen LogP contribution in [0.3, 0.4) is 0 Å². The van der Waals surface area contributed by atoms with Gasteiger partial charge in [0.1, 0.15) is 4.75 Å². The summed E-state index contributed by atoms with van der Waals surface area (Å²) in [5.74, 6) is 2.35. The summed E-state index contributed by atoms with van der Waals surface area (Å²) in [6.45, 7) is 8.74. The molecule has 4 atom stereocenters. The number of carbonyl (C=O) groups is 3. The third kappa shape index (κ3) is 10.2. The van der Waals surface area contributed by atoms with Gasteiger partial charge in [0.05, 0.1) is 10.8 Å². The van der Waals surface area contributed by atoms with Crippen molar-refractivity contribution in [3.8, 4) is 0 Å². The summed E-state index contributed by atoms with van der Waals surface area (Å²) in [5, 5.41) is 13.6. The maximum atomic E-state index is 12.3. The van der Waals surface area contributed by atoms with Crippen molar-refractivity contribution in [3.05, 3.63) is 11.0 Å². The van der Waals surface area contributed by atoms with E-state index < -0.39 is 4.75 Å². The number of thioether (sulfide) groups is 2. The van der Waals surface area contributed by atoms with E-state index in [1.807, 2.05) is 0 Å². The molecule has 0 radical (unpaired) electrons. The fourth-order valence-corrected chi connectivity index (χ4v) is 8.54. The minimum absolute atomic E-state index is 0.000319. The van der Waals surface area contributed by atoms with E-state index in [-0.39, 0.29) is 29.7 Å². The third-order valence-corrected chi connectivity index (χ3v) is 11.2. The SMILES string of the molecule is CCCCCCSC1=CC(=N)CC(CCCC)NC1=O.CCCCCCS[C@]12C(=O)NC(=O)[C@H]1C[C@@H]2CCCC. The Labute approximate surface area is 252 Å². The first-order valence-corrected chi connectivity index (χ1v) is 18.0. The molecule has 2 aliphatic heterocycles. The number of unbranched alkanes of at least 4 members (excludes halogenated alkanes) is 8. The molecule has 0 spiro atoms. The molecule has 1 aliphatic carbocycles. The monoisotopic (exact) mass is 593 g/mol. The summed E-state index contributed by atoms with van der Waals surface area (Å²) < 4.78 is -0.404. The van der Waals surface area contributed by atoms with Crippen LogP contribution in [-0.2, 0) is 14.4 Å². The lowest BCUT2D eigenvalue weighted by molar-refractivity contribution is -0.125. The second-order valence-electron chi connectivity index (χ2n) is 11.6. The Kier molecular flexibility index (Phi) is 16.6. The molecular formula is C32H55N3O3S2. The zero-order chi connectivity index (χ0) is 29.4. The van der Waals surface area contributed by atoms with Gasteiger partial charge in [-0.25, -0.2) is 0 Å². The van der Waals surface area contributed by atoms with E-state index in [4.69, 9.17) is 5.41 Å². The van der Waals surface area contributed by atoms with Gasteiger partial charge < -0.3 is 10.7 Å². The fraction of sp³-hybridized carbons (Fsp3) is 0.812. The van der Waals surface area contributed by atoms with Gasteiger partial charge in [-0.05, 0) is 55.6 Å². The van der Waals surface area contributed by atoms with Crippen LogP contribution in [0.5, 0.6) is 0 Å². The number of hydrogen-bond donors (Lipinski definition) is 3. The molecule has 1 saturated heterocycles. The van der Waals surface area contributed by atoms with Gasteiger partial charge in [-0.2, -0.15) is 0 Å². The number of nitrogens with one attached hydrogen (secondary N) is 3. The summed E-state index contributed by atoms with van der Waals surface area (Å²) in [4.78, 5) is 37.1. The number of fused-ring (bicyclic) bond motifs is 1. The van der Waals surface area contributed by atoms with E-state index in [1.54, 1.807) is 29.6 Å². The van der Waals surface area contributed by atoms with Gasteiger partial charge in [-0.1, -0.05) is 91.9 Å². The maximum absolute atomic E-state index is 12.3. The van der Waals surface area contributed by atoms with Crippen molar-refractivity contribution in [2.45, 2.75) is 141 Å². The second-order valence-corrected chi connectivity index (χ2v) is 14.1. The molecule has 3 N–H and O–H groups in total. The predicted molar refractivity (Wildman–Crippen MR) is 172 cm³/mol. The van der Waals surface area contributed by atoms with Crippen LogP contribution >= 0.6 is 23.5 Å². The van der Waals surface area contributed by atoms with Crippen LogP contribution in [-0.4, -0.2) is 45.7 Å². The van der Waals surface area contributed by atoms with Gasteiger partial charge >= 0.3 is 0 Å². The first kappa shape index (κ1) is 34.9. The number of rotatable bonds is 18. The first-order valence-electron chi connectivity index (χ1n) is 16.1. The van der Waals surface area contributed by atoms with Crippen LogP contribution in [0.2, 0.25) is 0 Å². The molecule has 1 saturated carbocycles. The standard InChI is InChI=1S/C16H28N2OS.C16H27NO2S/c1-3-5-7-8-10-20-15-12-13(17)11-14(9-6-4-2)18-16(15)19;1-3-5-7-8-10-20-16-12(9-6-4-2)11-13(16)14(18)17-15(16)19/h12,14,17H,3-11H2,1-2H3,(H,18,19);12-13H,3-11H2,1-2H3,(H,17,18,19)/t;12-,13+,16-/m.0/s1. The quantitative estimate of drug-likeness (QED) is 0.111. The molecule has 40 heavy (non-hydrogen) atoms. The van der Waals surface area contributed by atoms with Crippen molar-refractivity contribution in [2.24, 2.45) is 11.8 Å². The van der Waals surface area contributed by atoms with Crippen molar-refractivity contribution in [1.29, 1.82) is 5.41 Å². The maximum Gasteiger partial charge on any atom is 0.257 e. The Morgan fingerprint density at radius 1 is 0.850 bits per heavy atom. The van der Waals surface area contributed by atoms with Gasteiger partial charge in [-0.15, -0.1) is 23.5 Å². The molecule has 1 unspecified atom stereocenters. The lowest BCUT2D eigenvalue weighted by Crippen LogP contribution is -2.56. The Bertz CT molecular complexity index is 862. The van der Waals surface area contributed by atoms with E-state index in [0.29, 0.717) is 18.1 Å². The number of carbonyl (C=O) groups excluding carboxylic acids is 3. The normalized spacial score (nSPS) is 25.7. The van der Waals surface area contributed by atoms with Gasteiger partial charge in [0.2, 0.25) is 11.8 Å². The highest BCUT2D eigenvalue weighted by molar-refractivity contribution is 8.04. The van der Waals surface area contributed by atoms with Crippen LogP contribution in [0.4, 0.5) is 0 Å². The average Bonchev–Trinajstić information content (AvgIpc) is 3.00. The topological polar surface area (TPSA) is 99.1 Å². The molecule has 0 bridgehead atoms. The van der Waals surface area contributed by atoms with E-state index >= 15 is 0 Å². The third-order valence-electron chi connectivity index (χ3n) is 8.29. The minimum Gasteiger partial charge on any atom is -0.348 e. The molecule has 2 fully saturated rings. The van der Waals surface area contributed by atoms with Gasteiger partial charge in [-0.3, -0.25) is 19.7 Å². The molecule has 3 amide bonds. The lowest BCUT2D eigenvalue weighted by Gasteiger charge is -2.48. The minimum atomic E-state index is -0.404. The van der Waals surface area contributed by atoms with Crippen molar-refractivity contribution >= 4 is 47.0 Å². The average molecular weight is 594 g/mol. The Morgan fingerprint density at radius 2 is 1.48 bits per heavy atom. The van der Waals surface area contributed by atoms with E-state index in [2.05, 4.69) is 38.3 Å². The molecule has 2 heterocycles. The van der Waals surface area contributed by atoms with Crippen molar-refractivity contribution in [2.75, 3.05) is 11.5 Å².